The zero-order valence-corrected chi connectivity index (χ0v) is 13.3. The van der Waals surface area contributed by atoms with Crippen LogP contribution in [0.15, 0.2) is 47.3 Å². The molecule has 3 N–H and O–H groups in total. The van der Waals surface area contributed by atoms with E-state index in [1.54, 1.807) is 12.1 Å². The molecule has 118 valence electrons. The summed E-state index contributed by atoms with van der Waals surface area (Å²) in [6, 6.07) is 12.6. The highest BCUT2D eigenvalue weighted by Gasteiger charge is 2.07. The number of H-pyrrole nitrogens is 1. The standard InChI is InChI=1S/C19H19FN2O/c1-12-7-13(2)18-15(8-12)9-16(19(23)22-18)11-21-10-14-3-5-17(20)6-4-14/h3-9,21H,10-11H2,1-2H3,(H,22,23)/p+1. The van der Waals surface area contributed by atoms with E-state index < -0.39 is 0 Å². The highest BCUT2D eigenvalue weighted by Crippen LogP contribution is 2.17. The second-order valence-electron chi connectivity index (χ2n) is 5.99. The predicted octanol–water partition coefficient (Wildman–Crippen LogP) is 2.55. The second kappa shape index (κ2) is 6.34. The summed E-state index contributed by atoms with van der Waals surface area (Å²) in [5.41, 5.74) is 4.92. The van der Waals surface area contributed by atoms with Gasteiger partial charge in [-0.25, -0.2) is 4.39 Å². The van der Waals surface area contributed by atoms with Crippen LogP contribution in [0.1, 0.15) is 22.3 Å². The SMILES string of the molecule is Cc1cc(C)c2[nH]c(=O)c(C[NH2+]Cc3ccc(F)cc3)cc2c1. The van der Waals surface area contributed by atoms with E-state index in [0.717, 1.165) is 27.6 Å². The zero-order chi connectivity index (χ0) is 16.4. The molecule has 0 aliphatic rings. The number of fused-ring (bicyclic) bond motifs is 1. The van der Waals surface area contributed by atoms with Gasteiger partial charge in [-0.05, 0) is 49.1 Å². The maximum absolute atomic E-state index is 12.9. The number of benzene rings is 2. The topological polar surface area (TPSA) is 49.5 Å². The van der Waals surface area contributed by atoms with Crippen molar-refractivity contribution in [3.8, 4) is 0 Å². The van der Waals surface area contributed by atoms with E-state index in [1.165, 1.54) is 17.7 Å². The summed E-state index contributed by atoms with van der Waals surface area (Å²) in [7, 11) is 0. The number of hydrogen-bond donors (Lipinski definition) is 2. The lowest BCUT2D eigenvalue weighted by Crippen LogP contribution is -2.81. The number of quaternary nitrogens is 1. The van der Waals surface area contributed by atoms with Gasteiger partial charge in [0.2, 0.25) is 0 Å². The molecule has 0 radical (unpaired) electrons. The van der Waals surface area contributed by atoms with Crippen LogP contribution in [-0.4, -0.2) is 4.98 Å². The van der Waals surface area contributed by atoms with Crippen molar-refractivity contribution in [2.24, 2.45) is 0 Å². The van der Waals surface area contributed by atoms with Crippen molar-refractivity contribution in [2.75, 3.05) is 0 Å². The Balaban J connectivity index is 1.78. The number of rotatable bonds is 4. The lowest BCUT2D eigenvalue weighted by Gasteiger charge is -2.07. The molecule has 0 aliphatic carbocycles. The Morgan fingerprint density at radius 3 is 2.52 bits per heavy atom. The predicted molar refractivity (Wildman–Crippen MR) is 89.8 cm³/mol. The molecule has 3 aromatic rings. The van der Waals surface area contributed by atoms with Crippen LogP contribution in [0.4, 0.5) is 4.39 Å². The van der Waals surface area contributed by atoms with E-state index >= 15 is 0 Å². The fourth-order valence-corrected chi connectivity index (χ4v) is 2.90. The number of aromatic nitrogens is 1. The number of aromatic amines is 1. The van der Waals surface area contributed by atoms with Crippen molar-refractivity contribution in [2.45, 2.75) is 26.9 Å². The monoisotopic (exact) mass is 311 g/mol. The minimum atomic E-state index is -0.231. The van der Waals surface area contributed by atoms with Crippen LogP contribution in [0.3, 0.4) is 0 Å². The van der Waals surface area contributed by atoms with Gasteiger partial charge in [0.1, 0.15) is 18.9 Å². The molecule has 1 heterocycles. The van der Waals surface area contributed by atoms with Gasteiger partial charge in [0.05, 0.1) is 11.1 Å². The molecule has 23 heavy (non-hydrogen) atoms. The van der Waals surface area contributed by atoms with E-state index in [2.05, 4.69) is 24.0 Å². The molecule has 0 saturated heterocycles. The summed E-state index contributed by atoms with van der Waals surface area (Å²) in [5, 5.41) is 3.11. The first-order valence-corrected chi connectivity index (χ1v) is 7.72. The molecule has 0 aliphatic heterocycles. The molecule has 0 amide bonds. The van der Waals surface area contributed by atoms with Gasteiger partial charge < -0.3 is 10.3 Å². The molecule has 4 heteroatoms. The molecule has 0 bridgehead atoms. The third kappa shape index (κ3) is 3.48. The van der Waals surface area contributed by atoms with Crippen molar-refractivity contribution >= 4 is 10.9 Å². The van der Waals surface area contributed by atoms with Gasteiger partial charge in [-0.15, -0.1) is 0 Å². The maximum Gasteiger partial charge on any atom is 0.257 e. The van der Waals surface area contributed by atoms with E-state index in [1.807, 2.05) is 18.3 Å². The Hall–Kier alpha value is -2.46. The average Bonchev–Trinajstić information content (AvgIpc) is 2.50. The molecule has 0 atom stereocenters. The Morgan fingerprint density at radius 2 is 1.78 bits per heavy atom. The average molecular weight is 311 g/mol. The van der Waals surface area contributed by atoms with Gasteiger partial charge in [-0.2, -0.15) is 0 Å². The molecule has 1 aromatic heterocycles. The van der Waals surface area contributed by atoms with Crippen molar-refractivity contribution in [3.05, 3.63) is 80.9 Å². The molecule has 0 spiro atoms. The highest BCUT2D eigenvalue weighted by atomic mass is 19.1. The Labute approximate surface area is 134 Å². The van der Waals surface area contributed by atoms with E-state index in [4.69, 9.17) is 0 Å². The Bertz CT molecular complexity index is 898. The lowest BCUT2D eigenvalue weighted by atomic mass is 10.1. The van der Waals surface area contributed by atoms with Gasteiger partial charge in [0.25, 0.3) is 5.56 Å². The fourth-order valence-electron chi connectivity index (χ4n) is 2.90. The number of pyridine rings is 1. The van der Waals surface area contributed by atoms with E-state index in [0.29, 0.717) is 13.1 Å². The quantitative estimate of drug-likeness (QED) is 0.764. The van der Waals surface area contributed by atoms with E-state index in [-0.39, 0.29) is 11.4 Å². The molecular weight excluding hydrogens is 291 g/mol. The van der Waals surface area contributed by atoms with Crippen LogP contribution in [0, 0.1) is 19.7 Å². The minimum Gasteiger partial charge on any atom is -0.339 e. The maximum atomic E-state index is 12.9. The summed E-state index contributed by atoms with van der Waals surface area (Å²) in [6.07, 6.45) is 0. The summed E-state index contributed by atoms with van der Waals surface area (Å²) < 4.78 is 12.9. The second-order valence-corrected chi connectivity index (χ2v) is 5.99. The zero-order valence-electron chi connectivity index (χ0n) is 13.3. The van der Waals surface area contributed by atoms with Crippen molar-refractivity contribution in [3.63, 3.8) is 0 Å². The molecule has 0 fully saturated rings. The largest absolute Gasteiger partial charge is 0.339 e. The van der Waals surface area contributed by atoms with Gasteiger partial charge in [0, 0.05) is 5.56 Å². The summed E-state index contributed by atoms with van der Waals surface area (Å²) >= 11 is 0. The number of nitrogens with two attached hydrogens (primary N) is 1. The molecule has 3 nitrogen and oxygen atoms in total. The van der Waals surface area contributed by atoms with Gasteiger partial charge in [-0.1, -0.05) is 23.8 Å². The third-order valence-electron chi connectivity index (χ3n) is 4.03. The van der Waals surface area contributed by atoms with Gasteiger partial charge in [0.15, 0.2) is 0 Å². The normalized spacial score (nSPS) is 11.1. The van der Waals surface area contributed by atoms with Crippen molar-refractivity contribution < 1.29 is 9.71 Å². The number of halogens is 1. The molecule has 0 unspecified atom stereocenters. The molecule has 2 aromatic carbocycles. The summed E-state index contributed by atoms with van der Waals surface area (Å²) in [5.74, 6) is -0.231. The summed E-state index contributed by atoms with van der Waals surface area (Å²) in [4.78, 5) is 15.2. The Kier molecular flexibility index (Phi) is 4.26. The fraction of sp³-hybridized carbons (Fsp3) is 0.211. The number of nitrogens with one attached hydrogen (secondary N) is 1. The first-order chi connectivity index (χ1) is 11.0. The molecule has 3 rings (SSSR count). The first-order valence-electron chi connectivity index (χ1n) is 7.72. The number of aryl methyl sites for hydroxylation is 2. The van der Waals surface area contributed by atoms with Crippen LogP contribution in [0.25, 0.3) is 10.9 Å². The first kappa shape index (κ1) is 15.4. The highest BCUT2D eigenvalue weighted by molar-refractivity contribution is 5.82. The van der Waals surface area contributed by atoms with Crippen LogP contribution >= 0.6 is 0 Å². The van der Waals surface area contributed by atoms with Gasteiger partial charge in [-0.3, -0.25) is 4.79 Å². The Morgan fingerprint density at radius 1 is 1.04 bits per heavy atom. The van der Waals surface area contributed by atoms with Crippen LogP contribution < -0.4 is 10.9 Å². The van der Waals surface area contributed by atoms with Crippen LogP contribution in [-0.2, 0) is 13.1 Å². The lowest BCUT2D eigenvalue weighted by molar-refractivity contribution is -0.686. The molecule has 0 saturated carbocycles. The van der Waals surface area contributed by atoms with Gasteiger partial charge >= 0.3 is 0 Å². The third-order valence-corrected chi connectivity index (χ3v) is 4.03. The molecular formula is C19H20FN2O+. The van der Waals surface area contributed by atoms with Crippen molar-refractivity contribution in [1.82, 2.24) is 4.98 Å². The van der Waals surface area contributed by atoms with Crippen LogP contribution in [0.5, 0.6) is 0 Å². The smallest absolute Gasteiger partial charge is 0.257 e. The van der Waals surface area contributed by atoms with Crippen LogP contribution in [0.2, 0.25) is 0 Å². The summed E-state index contributed by atoms with van der Waals surface area (Å²) in [6.45, 7) is 5.36. The van der Waals surface area contributed by atoms with Crippen molar-refractivity contribution in [1.29, 1.82) is 0 Å². The minimum absolute atomic E-state index is 0.0418. The number of hydrogen-bond acceptors (Lipinski definition) is 1. The van der Waals surface area contributed by atoms with E-state index in [9.17, 15) is 9.18 Å².